The molecule has 1 heterocycles. The zero-order chi connectivity index (χ0) is 10.4. The topological polar surface area (TPSA) is 47.0 Å². The number of aromatic nitrogens is 2. The largest absolute Gasteiger partial charge is 0.380 e. The van der Waals surface area contributed by atoms with Gasteiger partial charge in [0.25, 0.3) is 0 Å². The summed E-state index contributed by atoms with van der Waals surface area (Å²) in [6.07, 6.45) is 3.51. The average molecular weight is 195 g/mol. The summed E-state index contributed by atoms with van der Waals surface area (Å²) >= 11 is 0. The first-order valence-electron chi connectivity index (χ1n) is 4.75. The predicted octanol–water partition coefficient (Wildman–Crippen LogP) is 0.990. The molecule has 0 fully saturated rings. The van der Waals surface area contributed by atoms with Gasteiger partial charge in [0.2, 0.25) is 0 Å². The van der Waals surface area contributed by atoms with Crippen LogP contribution in [-0.2, 0) is 11.3 Å². The molecule has 0 amide bonds. The maximum atomic E-state index is 5.21. The van der Waals surface area contributed by atoms with Crippen molar-refractivity contribution in [1.82, 2.24) is 15.3 Å². The molecule has 2 unspecified atom stereocenters. The summed E-state index contributed by atoms with van der Waals surface area (Å²) < 4.78 is 5.21. The van der Waals surface area contributed by atoms with Gasteiger partial charge in [0.05, 0.1) is 11.8 Å². The molecule has 0 radical (unpaired) electrons. The lowest BCUT2D eigenvalue weighted by atomic mass is 10.2. The summed E-state index contributed by atoms with van der Waals surface area (Å²) in [7, 11) is 1.72. The quantitative estimate of drug-likeness (QED) is 0.761. The van der Waals surface area contributed by atoms with Crippen molar-refractivity contribution in [3.8, 4) is 0 Å². The molecule has 0 aliphatic rings. The minimum absolute atomic E-state index is 0.205. The molecule has 1 aromatic rings. The second kappa shape index (κ2) is 5.67. The van der Waals surface area contributed by atoms with Gasteiger partial charge in [-0.1, -0.05) is 0 Å². The van der Waals surface area contributed by atoms with E-state index in [1.165, 1.54) is 0 Å². The van der Waals surface area contributed by atoms with Crippen LogP contribution in [0.5, 0.6) is 0 Å². The van der Waals surface area contributed by atoms with Crippen LogP contribution in [0.2, 0.25) is 0 Å². The van der Waals surface area contributed by atoms with E-state index in [0.29, 0.717) is 6.04 Å². The first-order valence-corrected chi connectivity index (χ1v) is 4.75. The van der Waals surface area contributed by atoms with Gasteiger partial charge in [-0.15, -0.1) is 0 Å². The molecular formula is C10H17N3O. The summed E-state index contributed by atoms with van der Waals surface area (Å²) in [6.45, 7) is 4.88. The van der Waals surface area contributed by atoms with E-state index in [1.807, 2.05) is 13.0 Å². The van der Waals surface area contributed by atoms with Gasteiger partial charge in [-0.05, 0) is 19.9 Å². The van der Waals surface area contributed by atoms with Gasteiger partial charge in [0, 0.05) is 25.9 Å². The normalized spacial score (nSPS) is 15.1. The molecule has 4 heteroatoms. The zero-order valence-electron chi connectivity index (χ0n) is 8.90. The van der Waals surface area contributed by atoms with Crippen molar-refractivity contribution in [3.05, 3.63) is 24.3 Å². The Hall–Kier alpha value is -1.00. The van der Waals surface area contributed by atoms with Crippen molar-refractivity contribution in [2.24, 2.45) is 0 Å². The molecule has 0 aromatic carbocycles. The van der Waals surface area contributed by atoms with Crippen molar-refractivity contribution < 1.29 is 4.74 Å². The summed E-state index contributed by atoms with van der Waals surface area (Å²) in [5.74, 6) is 0. The van der Waals surface area contributed by atoms with Crippen LogP contribution >= 0.6 is 0 Å². The Balaban J connectivity index is 2.34. The van der Waals surface area contributed by atoms with E-state index in [-0.39, 0.29) is 6.10 Å². The Kier molecular flexibility index (Phi) is 4.49. The molecule has 1 aromatic heterocycles. The Labute approximate surface area is 84.7 Å². The summed E-state index contributed by atoms with van der Waals surface area (Å²) in [4.78, 5) is 7.98. The Morgan fingerprint density at radius 3 is 2.86 bits per heavy atom. The van der Waals surface area contributed by atoms with Gasteiger partial charge < -0.3 is 10.1 Å². The number of rotatable bonds is 5. The Morgan fingerprint density at radius 2 is 2.29 bits per heavy atom. The molecule has 2 atom stereocenters. The van der Waals surface area contributed by atoms with Crippen molar-refractivity contribution in [2.75, 3.05) is 7.11 Å². The first-order chi connectivity index (χ1) is 6.74. The molecule has 0 aliphatic carbocycles. The second-order valence-corrected chi connectivity index (χ2v) is 3.31. The predicted molar refractivity (Wildman–Crippen MR) is 54.8 cm³/mol. The number of hydrogen-bond donors (Lipinski definition) is 1. The lowest BCUT2D eigenvalue weighted by Gasteiger charge is -2.19. The van der Waals surface area contributed by atoms with E-state index >= 15 is 0 Å². The molecule has 1 N–H and O–H groups in total. The van der Waals surface area contributed by atoms with Crippen LogP contribution in [-0.4, -0.2) is 29.2 Å². The molecule has 0 bridgehead atoms. The van der Waals surface area contributed by atoms with Crippen LogP contribution in [0, 0.1) is 0 Å². The maximum absolute atomic E-state index is 5.21. The summed E-state index contributed by atoms with van der Waals surface area (Å²) in [6, 6.07) is 2.21. The molecule has 0 spiro atoms. The molecule has 14 heavy (non-hydrogen) atoms. The van der Waals surface area contributed by atoms with Crippen molar-refractivity contribution in [1.29, 1.82) is 0 Å². The number of hydrogen-bond acceptors (Lipinski definition) is 4. The average Bonchev–Trinajstić information content (AvgIpc) is 2.26. The van der Waals surface area contributed by atoms with E-state index in [4.69, 9.17) is 4.74 Å². The summed E-state index contributed by atoms with van der Waals surface area (Å²) in [5, 5.41) is 3.33. The Bertz CT molecular complexity index is 253. The number of nitrogens with one attached hydrogen (secondary N) is 1. The Morgan fingerprint density at radius 1 is 1.50 bits per heavy atom. The number of methoxy groups -OCH3 is 1. The van der Waals surface area contributed by atoms with Gasteiger partial charge >= 0.3 is 0 Å². The molecule has 0 saturated heterocycles. The minimum atomic E-state index is 0.205. The van der Waals surface area contributed by atoms with Gasteiger partial charge in [-0.25, -0.2) is 9.97 Å². The fraction of sp³-hybridized carbons (Fsp3) is 0.600. The second-order valence-electron chi connectivity index (χ2n) is 3.31. The maximum Gasteiger partial charge on any atom is 0.115 e. The highest BCUT2D eigenvalue weighted by atomic mass is 16.5. The van der Waals surface area contributed by atoms with Crippen molar-refractivity contribution in [3.63, 3.8) is 0 Å². The van der Waals surface area contributed by atoms with Gasteiger partial charge in [-0.2, -0.15) is 0 Å². The van der Waals surface area contributed by atoms with E-state index in [2.05, 4.69) is 22.2 Å². The highest BCUT2D eigenvalue weighted by Crippen LogP contribution is 1.98. The first kappa shape index (κ1) is 11.1. The van der Waals surface area contributed by atoms with Gasteiger partial charge in [0.15, 0.2) is 0 Å². The summed E-state index contributed by atoms with van der Waals surface area (Å²) in [5.41, 5.74) is 0.996. The molecular weight excluding hydrogens is 178 g/mol. The van der Waals surface area contributed by atoms with E-state index in [9.17, 15) is 0 Å². The van der Waals surface area contributed by atoms with Crippen LogP contribution in [0.4, 0.5) is 0 Å². The third-order valence-electron chi connectivity index (χ3n) is 2.32. The van der Waals surface area contributed by atoms with Gasteiger partial charge in [0.1, 0.15) is 6.33 Å². The van der Waals surface area contributed by atoms with Crippen LogP contribution in [0.15, 0.2) is 18.6 Å². The van der Waals surface area contributed by atoms with Crippen LogP contribution in [0.1, 0.15) is 19.5 Å². The standard InChI is InChI=1S/C10H17N3O/c1-8(9(2)14-3)12-6-10-4-5-11-7-13-10/h4-5,7-9,12H,6H2,1-3H3. The highest BCUT2D eigenvalue weighted by Gasteiger charge is 2.09. The highest BCUT2D eigenvalue weighted by molar-refractivity contribution is 4.97. The number of nitrogens with zero attached hydrogens (tertiary/aromatic N) is 2. The lowest BCUT2D eigenvalue weighted by molar-refractivity contribution is 0.0881. The molecule has 0 aliphatic heterocycles. The van der Waals surface area contributed by atoms with E-state index in [1.54, 1.807) is 19.6 Å². The fourth-order valence-electron chi connectivity index (χ4n) is 1.06. The monoisotopic (exact) mass is 195 g/mol. The SMILES string of the molecule is COC(C)C(C)NCc1ccncn1. The molecule has 0 saturated carbocycles. The molecule has 1 rings (SSSR count). The lowest BCUT2D eigenvalue weighted by Crippen LogP contribution is -2.36. The molecule has 4 nitrogen and oxygen atoms in total. The number of ether oxygens (including phenoxy) is 1. The van der Waals surface area contributed by atoms with Crippen LogP contribution in [0.25, 0.3) is 0 Å². The fourth-order valence-corrected chi connectivity index (χ4v) is 1.06. The van der Waals surface area contributed by atoms with Crippen LogP contribution < -0.4 is 5.32 Å². The molecule has 78 valence electrons. The van der Waals surface area contributed by atoms with Crippen LogP contribution in [0.3, 0.4) is 0 Å². The van der Waals surface area contributed by atoms with Crippen molar-refractivity contribution in [2.45, 2.75) is 32.5 Å². The zero-order valence-corrected chi connectivity index (χ0v) is 8.90. The minimum Gasteiger partial charge on any atom is -0.380 e. The van der Waals surface area contributed by atoms with E-state index < -0.39 is 0 Å². The van der Waals surface area contributed by atoms with Crippen molar-refractivity contribution >= 4 is 0 Å². The third kappa shape index (κ3) is 3.40. The van der Waals surface area contributed by atoms with E-state index in [0.717, 1.165) is 12.2 Å². The third-order valence-corrected chi connectivity index (χ3v) is 2.32. The smallest absolute Gasteiger partial charge is 0.115 e. The van der Waals surface area contributed by atoms with Gasteiger partial charge in [-0.3, -0.25) is 0 Å².